The van der Waals surface area contributed by atoms with E-state index in [1.807, 2.05) is 12.1 Å². The number of imidazole rings is 1. The lowest BCUT2D eigenvalue weighted by molar-refractivity contribution is -0.123. The molecule has 6 nitrogen and oxygen atoms in total. The van der Waals surface area contributed by atoms with Crippen LogP contribution in [0.1, 0.15) is 17.0 Å². The van der Waals surface area contributed by atoms with Crippen LogP contribution in [0.2, 0.25) is 0 Å². The molecule has 1 aromatic heterocycles. The molecule has 1 aromatic carbocycles. The molecule has 0 fully saturated rings. The summed E-state index contributed by atoms with van der Waals surface area (Å²) in [6, 6.07) is 6.80. The molecule has 1 aliphatic heterocycles. The Morgan fingerprint density at radius 3 is 3.00 bits per heavy atom. The molecule has 3 rings (SSSR count). The van der Waals surface area contributed by atoms with Gasteiger partial charge in [-0.05, 0) is 24.1 Å². The molecule has 2 heterocycles. The third-order valence-corrected chi connectivity index (χ3v) is 3.70. The highest BCUT2D eigenvalue weighted by Crippen LogP contribution is 2.12. The van der Waals surface area contributed by atoms with E-state index >= 15 is 0 Å². The summed E-state index contributed by atoms with van der Waals surface area (Å²) < 4.78 is 0. The molecule has 2 aromatic rings. The number of carbonyl (C=O) groups is 1. The van der Waals surface area contributed by atoms with Gasteiger partial charge in [0.1, 0.15) is 5.75 Å². The maximum absolute atomic E-state index is 12.1. The molecule has 6 heteroatoms. The number of rotatable bonds is 4. The minimum atomic E-state index is -0.222. The lowest BCUT2D eigenvalue weighted by Crippen LogP contribution is -2.48. The fourth-order valence-electron chi connectivity index (χ4n) is 2.47. The first-order valence-corrected chi connectivity index (χ1v) is 7.02. The van der Waals surface area contributed by atoms with Crippen LogP contribution >= 0.6 is 0 Å². The second-order valence-corrected chi connectivity index (χ2v) is 5.17. The van der Waals surface area contributed by atoms with Crippen LogP contribution < -0.4 is 10.6 Å². The van der Waals surface area contributed by atoms with E-state index in [9.17, 15) is 9.90 Å². The Balaban J connectivity index is 1.48. The van der Waals surface area contributed by atoms with Gasteiger partial charge in [-0.25, -0.2) is 4.98 Å². The van der Waals surface area contributed by atoms with Gasteiger partial charge in [0.05, 0.1) is 23.8 Å². The van der Waals surface area contributed by atoms with Crippen molar-refractivity contribution in [2.24, 2.45) is 0 Å². The van der Waals surface area contributed by atoms with E-state index < -0.39 is 0 Å². The van der Waals surface area contributed by atoms with Gasteiger partial charge in [0.2, 0.25) is 5.91 Å². The van der Waals surface area contributed by atoms with Gasteiger partial charge < -0.3 is 15.4 Å². The van der Waals surface area contributed by atoms with Gasteiger partial charge in [0, 0.05) is 19.5 Å². The van der Waals surface area contributed by atoms with Crippen LogP contribution in [0.3, 0.4) is 0 Å². The Morgan fingerprint density at radius 1 is 1.38 bits per heavy atom. The SMILES string of the molecule is O=C(NCCc1ccc(O)cc1)C1Cc2nc[nH]c2CN1. The summed E-state index contributed by atoms with van der Waals surface area (Å²) in [5, 5.41) is 15.4. The summed E-state index contributed by atoms with van der Waals surface area (Å²) in [4.78, 5) is 19.4. The minimum Gasteiger partial charge on any atom is -0.508 e. The second-order valence-electron chi connectivity index (χ2n) is 5.17. The van der Waals surface area contributed by atoms with Crippen molar-refractivity contribution >= 4 is 5.91 Å². The lowest BCUT2D eigenvalue weighted by Gasteiger charge is -2.22. The highest BCUT2D eigenvalue weighted by molar-refractivity contribution is 5.82. The number of phenols is 1. The number of nitrogens with one attached hydrogen (secondary N) is 3. The first kappa shape index (κ1) is 13.6. The van der Waals surface area contributed by atoms with Crippen LogP contribution in [0.5, 0.6) is 5.75 Å². The second kappa shape index (κ2) is 5.97. The zero-order valence-corrected chi connectivity index (χ0v) is 11.6. The normalized spacial score (nSPS) is 17.2. The molecule has 0 aliphatic carbocycles. The van der Waals surface area contributed by atoms with Gasteiger partial charge in [-0.3, -0.25) is 10.1 Å². The van der Waals surface area contributed by atoms with E-state index in [4.69, 9.17) is 0 Å². The van der Waals surface area contributed by atoms with E-state index in [0.717, 1.165) is 23.4 Å². The summed E-state index contributed by atoms with van der Waals surface area (Å²) >= 11 is 0. The third-order valence-electron chi connectivity index (χ3n) is 3.70. The molecule has 1 unspecified atom stereocenters. The Kier molecular flexibility index (Phi) is 3.87. The van der Waals surface area contributed by atoms with Crippen molar-refractivity contribution < 1.29 is 9.90 Å². The molecule has 0 saturated heterocycles. The van der Waals surface area contributed by atoms with Gasteiger partial charge in [-0.2, -0.15) is 0 Å². The average Bonchev–Trinajstić information content (AvgIpc) is 2.96. The van der Waals surface area contributed by atoms with Crippen molar-refractivity contribution in [1.82, 2.24) is 20.6 Å². The first-order valence-electron chi connectivity index (χ1n) is 7.02. The molecular weight excluding hydrogens is 268 g/mol. The van der Waals surface area contributed by atoms with Crippen molar-refractivity contribution in [3.63, 3.8) is 0 Å². The quantitative estimate of drug-likeness (QED) is 0.658. The van der Waals surface area contributed by atoms with E-state index in [0.29, 0.717) is 19.5 Å². The number of H-pyrrole nitrogens is 1. The van der Waals surface area contributed by atoms with Crippen LogP contribution in [-0.4, -0.2) is 33.6 Å². The maximum Gasteiger partial charge on any atom is 0.237 e. The molecule has 0 saturated carbocycles. The fraction of sp³-hybridized carbons (Fsp3) is 0.333. The number of nitrogens with zero attached hydrogens (tertiary/aromatic N) is 1. The molecule has 4 N–H and O–H groups in total. The van der Waals surface area contributed by atoms with Crippen molar-refractivity contribution in [2.75, 3.05) is 6.54 Å². The van der Waals surface area contributed by atoms with E-state index in [1.54, 1.807) is 18.5 Å². The van der Waals surface area contributed by atoms with E-state index in [2.05, 4.69) is 20.6 Å². The average molecular weight is 286 g/mol. The zero-order valence-electron chi connectivity index (χ0n) is 11.6. The van der Waals surface area contributed by atoms with Crippen molar-refractivity contribution in [1.29, 1.82) is 0 Å². The smallest absolute Gasteiger partial charge is 0.237 e. The molecule has 1 aliphatic rings. The Labute approximate surface area is 122 Å². The number of hydrogen-bond acceptors (Lipinski definition) is 4. The predicted octanol–water partition coefficient (Wildman–Crippen LogP) is 0.488. The molecular formula is C15H18N4O2. The topological polar surface area (TPSA) is 90.0 Å². The van der Waals surface area contributed by atoms with Crippen LogP contribution in [0, 0.1) is 0 Å². The summed E-state index contributed by atoms with van der Waals surface area (Å²) in [7, 11) is 0. The molecule has 110 valence electrons. The van der Waals surface area contributed by atoms with Crippen LogP contribution in [-0.2, 0) is 24.2 Å². The lowest BCUT2D eigenvalue weighted by atomic mass is 10.0. The number of phenolic OH excluding ortho intramolecular Hbond substituents is 1. The molecule has 0 bridgehead atoms. The maximum atomic E-state index is 12.1. The van der Waals surface area contributed by atoms with Gasteiger partial charge in [0.15, 0.2) is 0 Å². The monoisotopic (exact) mass is 286 g/mol. The van der Waals surface area contributed by atoms with Crippen molar-refractivity contribution in [2.45, 2.75) is 25.4 Å². The van der Waals surface area contributed by atoms with Gasteiger partial charge in [-0.1, -0.05) is 12.1 Å². The number of aromatic hydroxyl groups is 1. The largest absolute Gasteiger partial charge is 0.508 e. The molecule has 1 amide bonds. The summed E-state index contributed by atoms with van der Waals surface area (Å²) in [5.74, 6) is 0.256. The Morgan fingerprint density at radius 2 is 2.19 bits per heavy atom. The zero-order chi connectivity index (χ0) is 14.7. The van der Waals surface area contributed by atoms with E-state index in [1.165, 1.54) is 0 Å². The predicted molar refractivity (Wildman–Crippen MR) is 77.7 cm³/mol. The minimum absolute atomic E-state index is 0.00225. The van der Waals surface area contributed by atoms with Crippen LogP contribution in [0.25, 0.3) is 0 Å². The summed E-state index contributed by atoms with van der Waals surface area (Å²) in [5.41, 5.74) is 3.11. The molecule has 0 spiro atoms. The number of benzene rings is 1. The Hall–Kier alpha value is -2.34. The van der Waals surface area contributed by atoms with Crippen LogP contribution in [0.15, 0.2) is 30.6 Å². The molecule has 21 heavy (non-hydrogen) atoms. The summed E-state index contributed by atoms with van der Waals surface area (Å²) in [6.07, 6.45) is 3.02. The number of hydrogen-bond donors (Lipinski definition) is 4. The number of amides is 1. The third kappa shape index (κ3) is 3.22. The highest BCUT2D eigenvalue weighted by atomic mass is 16.3. The molecule has 0 radical (unpaired) electrons. The number of fused-ring (bicyclic) bond motifs is 1. The summed E-state index contributed by atoms with van der Waals surface area (Å²) in [6.45, 7) is 1.22. The van der Waals surface area contributed by atoms with Crippen LogP contribution in [0.4, 0.5) is 0 Å². The number of carbonyl (C=O) groups excluding carboxylic acids is 1. The number of aromatic nitrogens is 2. The van der Waals surface area contributed by atoms with Crippen molar-refractivity contribution in [3.05, 3.63) is 47.5 Å². The fourth-order valence-corrected chi connectivity index (χ4v) is 2.47. The standard InChI is InChI=1S/C15H18N4O2/c20-11-3-1-10(2-4-11)5-6-16-15(21)13-7-12-14(8-17-13)19-9-18-12/h1-4,9,13,17,20H,5-8H2,(H,16,21)(H,18,19). The van der Waals surface area contributed by atoms with Gasteiger partial charge >= 0.3 is 0 Å². The highest BCUT2D eigenvalue weighted by Gasteiger charge is 2.25. The van der Waals surface area contributed by atoms with Crippen molar-refractivity contribution in [3.8, 4) is 5.75 Å². The molecule has 1 atom stereocenters. The van der Waals surface area contributed by atoms with Gasteiger partial charge in [-0.15, -0.1) is 0 Å². The van der Waals surface area contributed by atoms with E-state index in [-0.39, 0.29) is 17.7 Å². The number of aromatic amines is 1. The first-order chi connectivity index (χ1) is 10.2. The van der Waals surface area contributed by atoms with Gasteiger partial charge in [0.25, 0.3) is 0 Å². The Bertz CT molecular complexity index is 621.